The van der Waals surface area contributed by atoms with Crippen molar-refractivity contribution in [3.8, 4) is 5.75 Å². The van der Waals surface area contributed by atoms with Gasteiger partial charge in [-0.2, -0.15) is 0 Å². The number of aliphatic hydroxyl groups excluding tert-OH is 1. The van der Waals surface area contributed by atoms with E-state index >= 15 is 0 Å². The van der Waals surface area contributed by atoms with Crippen LogP contribution < -0.4 is 4.74 Å². The molecule has 0 saturated heterocycles. The average molecular weight is 286 g/mol. The second-order valence-electron chi connectivity index (χ2n) is 5.66. The summed E-state index contributed by atoms with van der Waals surface area (Å²) in [7, 11) is 1.65. The summed E-state index contributed by atoms with van der Waals surface area (Å²) in [5.41, 5.74) is 3.44. The van der Waals surface area contributed by atoms with Crippen LogP contribution in [0.25, 0.3) is 0 Å². The molecule has 1 aromatic heterocycles. The highest BCUT2D eigenvalue weighted by Crippen LogP contribution is 2.25. The molecule has 3 rings (SSSR count). The van der Waals surface area contributed by atoms with E-state index in [1.165, 1.54) is 24.2 Å². The molecule has 1 aliphatic carbocycles. The Hall–Kier alpha value is -1.81. The van der Waals surface area contributed by atoms with E-state index in [-0.39, 0.29) is 0 Å². The quantitative estimate of drug-likeness (QED) is 0.940. The van der Waals surface area contributed by atoms with Crippen LogP contribution in [-0.4, -0.2) is 21.8 Å². The van der Waals surface area contributed by atoms with Crippen molar-refractivity contribution in [3.05, 3.63) is 47.0 Å². The summed E-state index contributed by atoms with van der Waals surface area (Å²) in [4.78, 5) is 4.66. The first kappa shape index (κ1) is 14.1. The number of hydrogen-bond acceptors (Lipinski definition) is 3. The average Bonchev–Trinajstić information content (AvgIpc) is 2.83. The van der Waals surface area contributed by atoms with E-state index in [0.29, 0.717) is 6.54 Å². The Morgan fingerprint density at radius 3 is 2.67 bits per heavy atom. The minimum Gasteiger partial charge on any atom is -0.497 e. The van der Waals surface area contributed by atoms with E-state index in [4.69, 9.17) is 4.74 Å². The zero-order valence-corrected chi connectivity index (χ0v) is 12.7. The molecule has 0 fully saturated rings. The van der Waals surface area contributed by atoms with Crippen LogP contribution in [0.3, 0.4) is 0 Å². The SMILES string of the molecule is COc1ccc(C(O)Cn2c(C)nc3c2CCCC3)cc1. The number of methoxy groups -OCH3 is 1. The number of ether oxygens (including phenoxy) is 1. The molecule has 0 bridgehead atoms. The highest BCUT2D eigenvalue weighted by atomic mass is 16.5. The third-order valence-electron chi connectivity index (χ3n) is 4.28. The van der Waals surface area contributed by atoms with Gasteiger partial charge in [-0.15, -0.1) is 0 Å². The Kier molecular flexibility index (Phi) is 3.97. The molecule has 1 heterocycles. The highest BCUT2D eigenvalue weighted by Gasteiger charge is 2.20. The van der Waals surface area contributed by atoms with Crippen molar-refractivity contribution in [3.63, 3.8) is 0 Å². The zero-order chi connectivity index (χ0) is 14.8. The maximum atomic E-state index is 10.5. The number of aryl methyl sites for hydroxylation is 2. The fourth-order valence-corrected chi connectivity index (χ4v) is 3.08. The summed E-state index contributed by atoms with van der Waals surface area (Å²) in [6, 6.07) is 7.61. The molecule has 1 aromatic carbocycles. The van der Waals surface area contributed by atoms with Crippen molar-refractivity contribution >= 4 is 0 Å². The van der Waals surface area contributed by atoms with Crippen LogP contribution in [0.4, 0.5) is 0 Å². The molecule has 1 aliphatic rings. The van der Waals surface area contributed by atoms with Crippen LogP contribution in [0.1, 0.15) is 41.7 Å². The van der Waals surface area contributed by atoms with Crippen LogP contribution in [0.2, 0.25) is 0 Å². The Labute approximate surface area is 125 Å². The first-order chi connectivity index (χ1) is 10.2. The van der Waals surface area contributed by atoms with Crippen LogP contribution in [0, 0.1) is 6.92 Å². The van der Waals surface area contributed by atoms with E-state index in [9.17, 15) is 5.11 Å². The molecule has 1 atom stereocenters. The van der Waals surface area contributed by atoms with Gasteiger partial charge in [-0.3, -0.25) is 0 Å². The first-order valence-corrected chi connectivity index (χ1v) is 7.56. The first-order valence-electron chi connectivity index (χ1n) is 7.56. The minimum absolute atomic E-state index is 0.519. The van der Waals surface area contributed by atoms with E-state index in [0.717, 1.165) is 30.0 Å². The summed E-state index contributed by atoms with van der Waals surface area (Å²) in [6.07, 6.45) is 4.07. The molecule has 0 saturated carbocycles. The fourth-order valence-electron chi connectivity index (χ4n) is 3.08. The molecule has 0 aliphatic heterocycles. The third kappa shape index (κ3) is 2.81. The Morgan fingerprint density at radius 2 is 1.95 bits per heavy atom. The number of fused-ring (bicyclic) bond motifs is 1. The van der Waals surface area contributed by atoms with Crippen LogP contribution >= 0.6 is 0 Å². The van der Waals surface area contributed by atoms with Crippen molar-refractivity contribution in [2.45, 2.75) is 45.3 Å². The molecule has 0 radical (unpaired) electrons. The standard InChI is InChI=1S/C17H22N2O2/c1-12-18-15-5-3-4-6-16(15)19(12)11-17(20)13-7-9-14(21-2)10-8-13/h7-10,17,20H,3-6,11H2,1-2H3. The topological polar surface area (TPSA) is 47.3 Å². The van der Waals surface area contributed by atoms with Gasteiger partial charge in [-0.1, -0.05) is 12.1 Å². The van der Waals surface area contributed by atoms with Crippen molar-refractivity contribution in [2.75, 3.05) is 7.11 Å². The van der Waals surface area contributed by atoms with Crippen molar-refractivity contribution in [1.82, 2.24) is 9.55 Å². The van der Waals surface area contributed by atoms with Crippen LogP contribution in [0.5, 0.6) is 5.75 Å². The van der Waals surface area contributed by atoms with Crippen LogP contribution in [-0.2, 0) is 19.4 Å². The maximum Gasteiger partial charge on any atom is 0.118 e. The molecular formula is C17H22N2O2. The lowest BCUT2D eigenvalue weighted by Crippen LogP contribution is -2.14. The number of nitrogens with zero attached hydrogens (tertiary/aromatic N) is 2. The second kappa shape index (κ2) is 5.90. The Morgan fingerprint density at radius 1 is 1.24 bits per heavy atom. The molecule has 21 heavy (non-hydrogen) atoms. The van der Waals surface area contributed by atoms with Gasteiger partial charge in [0.25, 0.3) is 0 Å². The number of imidazole rings is 1. The van der Waals surface area contributed by atoms with Gasteiger partial charge < -0.3 is 14.4 Å². The summed E-state index contributed by atoms with van der Waals surface area (Å²) in [6.45, 7) is 2.60. The predicted molar refractivity (Wildman–Crippen MR) is 81.6 cm³/mol. The van der Waals surface area contributed by atoms with Crippen molar-refractivity contribution < 1.29 is 9.84 Å². The molecule has 0 amide bonds. The number of aromatic nitrogens is 2. The van der Waals surface area contributed by atoms with Gasteiger partial charge in [0.1, 0.15) is 11.6 Å². The van der Waals surface area contributed by atoms with Crippen molar-refractivity contribution in [2.24, 2.45) is 0 Å². The second-order valence-corrected chi connectivity index (χ2v) is 5.66. The van der Waals surface area contributed by atoms with Gasteiger partial charge in [-0.05, 0) is 50.3 Å². The van der Waals surface area contributed by atoms with Gasteiger partial charge in [0.2, 0.25) is 0 Å². The third-order valence-corrected chi connectivity index (χ3v) is 4.28. The lowest BCUT2D eigenvalue weighted by Gasteiger charge is -2.18. The number of rotatable bonds is 4. The van der Waals surface area contributed by atoms with Crippen molar-refractivity contribution in [1.29, 1.82) is 0 Å². The molecule has 2 aromatic rings. The Balaban J connectivity index is 1.80. The summed E-state index contributed by atoms with van der Waals surface area (Å²) in [5, 5.41) is 10.5. The Bertz CT molecular complexity index is 616. The molecular weight excluding hydrogens is 264 g/mol. The molecule has 1 N–H and O–H groups in total. The van der Waals surface area contributed by atoms with Gasteiger partial charge in [-0.25, -0.2) is 4.98 Å². The highest BCUT2D eigenvalue weighted by molar-refractivity contribution is 5.29. The molecule has 112 valence electrons. The lowest BCUT2D eigenvalue weighted by atomic mass is 10.0. The van der Waals surface area contributed by atoms with Gasteiger partial charge in [0, 0.05) is 5.69 Å². The fraction of sp³-hybridized carbons (Fsp3) is 0.471. The molecule has 1 unspecified atom stereocenters. The van der Waals surface area contributed by atoms with Gasteiger partial charge >= 0.3 is 0 Å². The van der Waals surface area contributed by atoms with E-state index < -0.39 is 6.10 Å². The van der Waals surface area contributed by atoms with E-state index in [1.54, 1.807) is 7.11 Å². The monoisotopic (exact) mass is 286 g/mol. The van der Waals surface area contributed by atoms with E-state index in [2.05, 4.69) is 9.55 Å². The largest absolute Gasteiger partial charge is 0.497 e. The smallest absolute Gasteiger partial charge is 0.118 e. The molecule has 4 heteroatoms. The zero-order valence-electron chi connectivity index (χ0n) is 12.7. The van der Waals surface area contributed by atoms with Crippen LogP contribution in [0.15, 0.2) is 24.3 Å². The normalized spacial score (nSPS) is 15.6. The van der Waals surface area contributed by atoms with E-state index in [1.807, 2.05) is 31.2 Å². The van der Waals surface area contributed by atoms with Gasteiger partial charge in [0.15, 0.2) is 0 Å². The minimum atomic E-state index is -0.519. The maximum absolute atomic E-state index is 10.5. The predicted octanol–water partition coefficient (Wildman–Crippen LogP) is 2.81. The number of hydrogen-bond donors (Lipinski definition) is 1. The summed E-state index contributed by atoms with van der Waals surface area (Å²) in [5.74, 6) is 1.82. The van der Waals surface area contributed by atoms with Gasteiger partial charge in [0.05, 0.1) is 25.5 Å². The lowest BCUT2D eigenvalue weighted by molar-refractivity contribution is 0.154. The number of benzene rings is 1. The summed E-state index contributed by atoms with van der Waals surface area (Å²) < 4.78 is 7.34. The summed E-state index contributed by atoms with van der Waals surface area (Å²) >= 11 is 0. The number of aliphatic hydroxyl groups is 1. The molecule has 4 nitrogen and oxygen atoms in total. The molecule has 0 spiro atoms.